The molecule has 0 fully saturated rings. The number of aromatic nitrogens is 1. The number of hydrogen-bond donors (Lipinski definition) is 0. The van der Waals surface area contributed by atoms with Crippen LogP contribution in [0.5, 0.6) is 0 Å². The van der Waals surface area contributed by atoms with Gasteiger partial charge in [-0.25, -0.2) is 0 Å². The van der Waals surface area contributed by atoms with Crippen molar-refractivity contribution in [3.63, 3.8) is 0 Å². The zero-order valence-corrected chi connectivity index (χ0v) is 11.4. The molecule has 0 aliphatic rings. The monoisotopic (exact) mass is 236 g/mol. The average Bonchev–Trinajstić information content (AvgIpc) is 2.14. The summed E-state index contributed by atoms with van der Waals surface area (Å²) >= 11 is 0. The van der Waals surface area contributed by atoms with E-state index in [4.69, 9.17) is 0 Å². The normalized spacial score (nSPS) is 12.6. The van der Waals surface area contributed by atoms with Gasteiger partial charge < -0.3 is 0 Å². The molecule has 0 radical (unpaired) electrons. The van der Waals surface area contributed by atoms with E-state index >= 15 is 0 Å². The molecule has 0 N–H and O–H groups in total. The lowest BCUT2D eigenvalue weighted by molar-refractivity contribution is -0.385. The van der Waals surface area contributed by atoms with Crippen LogP contribution < -0.4 is 0 Å². The Bertz CT molecular complexity index is 407. The van der Waals surface area contributed by atoms with E-state index < -0.39 is 0 Å². The first kappa shape index (κ1) is 13.6. The molecule has 0 bridgehead atoms. The summed E-state index contributed by atoms with van der Waals surface area (Å²) in [4.78, 5) is 15.1. The summed E-state index contributed by atoms with van der Waals surface area (Å²) in [5.74, 6) is 0. The summed E-state index contributed by atoms with van der Waals surface area (Å²) < 4.78 is 0. The van der Waals surface area contributed by atoms with Crippen LogP contribution in [0, 0.1) is 10.1 Å². The lowest BCUT2D eigenvalue weighted by Gasteiger charge is -2.23. The molecule has 17 heavy (non-hydrogen) atoms. The number of hydrogen-bond acceptors (Lipinski definition) is 3. The maximum absolute atomic E-state index is 10.9. The van der Waals surface area contributed by atoms with E-state index in [0.29, 0.717) is 0 Å². The van der Waals surface area contributed by atoms with Crippen molar-refractivity contribution >= 4 is 5.69 Å². The van der Waals surface area contributed by atoms with E-state index in [1.54, 1.807) is 12.1 Å². The molecule has 0 amide bonds. The Morgan fingerprint density at radius 2 is 1.35 bits per heavy atom. The highest BCUT2D eigenvalue weighted by atomic mass is 16.6. The van der Waals surface area contributed by atoms with Crippen LogP contribution >= 0.6 is 0 Å². The quantitative estimate of drug-likeness (QED) is 0.553. The zero-order chi connectivity index (χ0) is 13.4. The molecule has 1 heterocycles. The molecule has 0 spiro atoms. The first-order valence-electron chi connectivity index (χ1n) is 5.69. The van der Waals surface area contributed by atoms with E-state index in [1.807, 2.05) is 41.5 Å². The van der Waals surface area contributed by atoms with Crippen LogP contribution in [0.3, 0.4) is 0 Å². The van der Waals surface area contributed by atoms with E-state index in [9.17, 15) is 10.1 Å². The molecule has 1 aromatic heterocycles. The molecule has 4 heteroatoms. The minimum absolute atomic E-state index is 0.120. The summed E-state index contributed by atoms with van der Waals surface area (Å²) in [6, 6.07) is 3.13. The van der Waals surface area contributed by atoms with Gasteiger partial charge in [0.05, 0.1) is 16.3 Å². The van der Waals surface area contributed by atoms with Gasteiger partial charge in [0, 0.05) is 23.0 Å². The third kappa shape index (κ3) is 3.25. The summed E-state index contributed by atoms with van der Waals surface area (Å²) in [6.45, 7) is 12.0. The van der Waals surface area contributed by atoms with Crippen molar-refractivity contribution < 1.29 is 4.92 Å². The molecule has 0 saturated heterocycles. The lowest BCUT2D eigenvalue weighted by atomic mass is 9.87. The standard InChI is InChI=1S/C13H20N2O2/c1-12(2,3)10-7-9(15(16)17)8-11(14-10)13(4,5)6/h7-8H,1-6H3. The lowest BCUT2D eigenvalue weighted by Crippen LogP contribution is -2.20. The molecule has 1 rings (SSSR count). The second-order valence-corrected chi connectivity index (χ2v) is 6.35. The molecule has 94 valence electrons. The SMILES string of the molecule is CC(C)(C)c1cc([N+](=O)[O-])cc(C(C)(C)C)n1. The Kier molecular flexibility index (Phi) is 3.28. The minimum atomic E-state index is -0.355. The van der Waals surface area contributed by atoms with Gasteiger partial charge in [-0.15, -0.1) is 0 Å². The maximum atomic E-state index is 10.9. The van der Waals surface area contributed by atoms with Gasteiger partial charge in [0.1, 0.15) is 0 Å². The second kappa shape index (κ2) is 4.09. The number of pyridine rings is 1. The zero-order valence-electron chi connectivity index (χ0n) is 11.4. The molecule has 4 nitrogen and oxygen atoms in total. The summed E-state index contributed by atoms with van der Waals surface area (Å²) in [5.41, 5.74) is 1.26. The van der Waals surface area contributed by atoms with Gasteiger partial charge in [0.15, 0.2) is 0 Å². The molecule has 0 aliphatic carbocycles. The molecule has 0 saturated carbocycles. The Labute approximate surface area is 102 Å². The minimum Gasteiger partial charge on any atom is -0.258 e. The van der Waals surface area contributed by atoms with Crippen LogP contribution in [0.15, 0.2) is 12.1 Å². The van der Waals surface area contributed by atoms with Crippen LogP contribution in [0.25, 0.3) is 0 Å². The van der Waals surface area contributed by atoms with Crippen molar-refractivity contribution in [3.8, 4) is 0 Å². The Balaban J connectivity index is 3.45. The highest BCUT2D eigenvalue weighted by molar-refractivity contribution is 5.37. The first-order chi connectivity index (χ1) is 7.51. The largest absolute Gasteiger partial charge is 0.273 e. The van der Waals surface area contributed by atoms with Gasteiger partial charge in [-0.3, -0.25) is 15.1 Å². The molecule has 0 atom stereocenters. The van der Waals surface area contributed by atoms with E-state index in [1.165, 1.54) is 0 Å². The van der Waals surface area contributed by atoms with Crippen molar-refractivity contribution in [2.75, 3.05) is 0 Å². The van der Waals surface area contributed by atoms with Crippen molar-refractivity contribution in [3.05, 3.63) is 33.6 Å². The maximum Gasteiger partial charge on any atom is 0.273 e. The van der Waals surface area contributed by atoms with Gasteiger partial charge in [0.25, 0.3) is 5.69 Å². The fourth-order valence-electron chi connectivity index (χ4n) is 1.39. The van der Waals surface area contributed by atoms with Crippen LogP contribution in [-0.4, -0.2) is 9.91 Å². The highest BCUT2D eigenvalue weighted by Crippen LogP contribution is 2.29. The molecular formula is C13H20N2O2. The molecule has 0 unspecified atom stereocenters. The average molecular weight is 236 g/mol. The Morgan fingerprint density at radius 3 is 1.59 bits per heavy atom. The van der Waals surface area contributed by atoms with Crippen LogP contribution in [0.2, 0.25) is 0 Å². The topological polar surface area (TPSA) is 56.0 Å². The fourth-order valence-corrected chi connectivity index (χ4v) is 1.39. The van der Waals surface area contributed by atoms with Gasteiger partial charge >= 0.3 is 0 Å². The van der Waals surface area contributed by atoms with E-state index in [-0.39, 0.29) is 21.4 Å². The number of rotatable bonds is 1. The van der Waals surface area contributed by atoms with Gasteiger partial charge in [0.2, 0.25) is 0 Å². The Morgan fingerprint density at radius 1 is 1.00 bits per heavy atom. The van der Waals surface area contributed by atoms with Gasteiger partial charge in [-0.05, 0) is 0 Å². The molecular weight excluding hydrogens is 216 g/mol. The summed E-state index contributed by atoms with van der Waals surface area (Å²) in [7, 11) is 0. The van der Waals surface area contributed by atoms with Crippen LogP contribution in [0.1, 0.15) is 52.9 Å². The smallest absolute Gasteiger partial charge is 0.258 e. The first-order valence-corrected chi connectivity index (χ1v) is 5.69. The van der Waals surface area contributed by atoms with Crippen molar-refractivity contribution in [2.24, 2.45) is 0 Å². The van der Waals surface area contributed by atoms with E-state index in [0.717, 1.165) is 11.4 Å². The van der Waals surface area contributed by atoms with Crippen molar-refractivity contribution in [2.45, 2.75) is 52.4 Å². The number of nitrogens with zero attached hydrogens (tertiary/aromatic N) is 2. The van der Waals surface area contributed by atoms with Gasteiger partial charge in [-0.2, -0.15) is 0 Å². The Hall–Kier alpha value is -1.45. The highest BCUT2D eigenvalue weighted by Gasteiger charge is 2.25. The predicted molar refractivity (Wildman–Crippen MR) is 68.3 cm³/mol. The number of nitro groups is 1. The van der Waals surface area contributed by atoms with Crippen molar-refractivity contribution in [1.82, 2.24) is 4.98 Å². The third-order valence-electron chi connectivity index (χ3n) is 2.56. The van der Waals surface area contributed by atoms with Crippen molar-refractivity contribution in [1.29, 1.82) is 0 Å². The second-order valence-electron chi connectivity index (χ2n) is 6.35. The molecule has 0 aromatic carbocycles. The molecule has 1 aromatic rings. The third-order valence-corrected chi connectivity index (χ3v) is 2.56. The van der Waals surface area contributed by atoms with Gasteiger partial charge in [-0.1, -0.05) is 41.5 Å². The predicted octanol–water partition coefficient (Wildman–Crippen LogP) is 3.58. The van der Waals surface area contributed by atoms with Crippen LogP contribution in [-0.2, 0) is 10.8 Å². The van der Waals surface area contributed by atoms with E-state index in [2.05, 4.69) is 4.98 Å². The summed E-state index contributed by atoms with van der Waals surface area (Å²) in [5, 5.41) is 10.9. The summed E-state index contributed by atoms with van der Waals surface area (Å²) in [6.07, 6.45) is 0. The molecule has 0 aliphatic heterocycles. The fraction of sp³-hybridized carbons (Fsp3) is 0.615. The van der Waals surface area contributed by atoms with Crippen LogP contribution in [0.4, 0.5) is 5.69 Å².